The normalized spacial score (nSPS) is 17.3. The lowest BCUT2D eigenvalue weighted by Gasteiger charge is -2.29. The topological polar surface area (TPSA) is 101 Å². The SMILES string of the molecule is CCN(CC)C(=O)C1=C(C)N=c2s/c(=C\c3ccc(N4CCCCC4)c([N+](=O)[O-])c3)c(=O)n2[C@@H]1c1ccc(Cl)cc1. The summed E-state index contributed by atoms with van der Waals surface area (Å²) in [5.41, 5.74) is 2.61. The van der Waals surface area contributed by atoms with Gasteiger partial charge in [0.25, 0.3) is 17.2 Å². The highest BCUT2D eigenvalue weighted by Gasteiger charge is 2.34. The number of rotatable bonds is 7. The number of nitro groups is 1. The van der Waals surface area contributed by atoms with Crippen molar-refractivity contribution in [2.75, 3.05) is 31.1 Å². The first-order chi connectivity index (χ1) is 19.7. The minimum absolute atomic E-state index is 0.0235. The Kier molecular flexibility index (Phi) is 8.42. The van der Waals surface area contributed by atoms with Gasteiger partial charge in [0.2, 0.25) is 0 Å². The molecule has 2 aliphatic heterocycles. The maximum absolute atomic E-state index is 14.0. The number of nitro benzene ring substituents is 1. The molecule has 0 bridgehead atoms. The van der Waals surface area contributed by atoms with Crippen LogP contribution in [0.1, 0.15) is 57.2 Å². The van der Waals surface area contributed by atoms with E-state index in [0.29, 0.717) is 50.0 Å². The second-order valence-electron chi connectivity index (χ2n) is 10.2. The summed E-state index contributed by atoms with van der Waals surface area (Å²) < 4.78 is 1.94. The molecular weight excluding hydrogens is 562 g/mol. The van der Waals surface area contributed by atoms with Crippen LogP contribution < -0.4 is 19.8 Å². The average molecular weight is 594 g/mol. The van der Waals surface area contributed by atoms with Gasteiger partial charge >= 0.3 is 0 Å². The van der Waals surface area contributed by atoms with Crippen LogP contribution in [0.2, 0.25) is 5.02 Å². The highest BCUT2D eigenvalue weighted by atomic mass is 35.5. The van der Waals surface area contributed by atoms with Crippen LogP contribution >= 0.6 is 22.9 Å². The highest BCUT2D eigenvalue weighted by molar-refractivity contribution is 7.07. The molecule has 1 saturated heterocycles. The molecule has 1 atom stereocenters. The molecule has 5 rings (SSSR count). The summed E-state index contributed by atoms with van der Waals surface area (Å²) in [6.45, 7) is 8.25. The molecule has 11 heteroatoms. The van der Waals surface area contributed by atoms with E-state index >= 15 is 0 Å². The fraction of sp³-hybridized carbons (Fsp3) is 0.367. The van der Waals surface area contributed by atoms with Gasteiger partial charge in [-0.3, -0.25) is 24.3 Å². The monoisotopic (exact) mass is 593 g/mol. The number of carbonyl (C=O) groups is 1. The molecule has 214 valence electrons. The van der Waals surface area contributed by atoms with Crippen molar-refractivity contribution >= 4 is 46.3 Å². The van der Waals surface area contributed by atoms with Gasteiger partial charge in [-0.1, -0.05) is 41.1 Å². The van der Waals surface area contributed by atoms with Crippen LogP contribution in [-0.2, 0) is 4.79 Å². The number of amides is 1. The van der Waals surface area contributed by atoms with Crippen LogP contribution in [0.3, 0.4) is 0 Å². The molecule has 2 aliphatic rings. The molecule has 41 heavy (non-hydrogen) atoms. The summed E-state index contributed by atoms with van der Waals surface area (Å²) in [6, 6.07) is 11.5. The molecular formula is C30H32ClN5O4S. The standard InChI is InChI=1S/C30H32ClN5O4S/c1-4-33(5-2)29(38)26-19(3)32-30-35(27(26)21-10-12-22(31)13-11-21)28(37)25(41-30)18-20-9-14-23(24(17-20)36(39)40)34-15-7-6-8-16-34/h9-14,17-18,27H,4-8,15-16H2,1-3H3/b25-18-/t27-/m1/s1. The first kappa shape index (κ1) is 28.8. The van der Waals surface area contributed by atoms with Gasteiger partial charge in [-0.15, -0.1) is 0 Å². The van der Waals surface area contributed by atoms with Crippen molar-refractivity contribution in [1.29, 1.82) is 0 Å². The van der Waals surface area contributed by atoms with E-state index < -0.39 is 6.04 Å². The predicted octanol–water partition coefficient (Wildman–Crippen LogP) is 4.66. The Hall–Kier alpha value is -3.76. The Morgan fingerprint density at radius 2 is 1.83 bits per heavy atom. The molecule has 0 saturated carbocycles. The van der Waals surface area contributed by atoms with E-state index in [1.165, 1.54) is 17.4 Å². The van der Waals surface area contributed by atoms with E-state index in [1.807, 2.05) is 32.0 Å². The molecule has 3 aromatic rings. The number of allylic oxidation sites excluding steroid dienone is 1. The van der Waals surface area contributed by atoms with Gasteiger partial charge in [0, 0.05) is 37.3 Å². The number of anilines is 1. The van der Waals surface area contributed by atoms with Gasteiger partial charge in [0.15, 0.2) is 4.80 Å². The average Bonchev–Trinajstić information content (AvgIpc) is 3.27. The van der Waals surface area contributed by atoms with Crippen LogP contribution in [-0.4, -0.2) is 46.5 Å². The van der Waals surface area contributed by atoms with Gasteiger partial charge < -0.3 is 9.80 Å². The molecule has 0 unspecified atom stereocenters. The van der Waals surface area contributed by atoms with E-state index in [-0.39, 0.29) is 22.1 Å². The zero-order valence-corrected chi connectivity index (χ0v) is 24.9. The molecule has 0 radical (unpaired) electrons. The number of benzene rings is 2. The van der Waals surface area contributed by atoms with E-state index in [9.17, 15) is 19.7 Å². The second kappa shape index (κ2) is 12.0. The van der Waals surface area contributed by atoms with Crippen molar-refractivity contribution in [2.45, 2.75) is 46.1 Å². The fourth-order valence-electron chi connectivity index (χ4n) is 5.57. The minimum atomic E-state index is -0.686. The van der Waals surface area contributed by atoms with Gasteiger partial charge in [0.05, 0.1) is 26.8 Å². The Labute approximate surface area is 246 Å². The summed E-state index contributed by atoms with van der Waals surface area (Å²) in [4.78, 5) is 48.2. The predicted molar refractivity (Wildman–Crippen MR) is 162 cm³/mol. The van der Waals surface area contributed by atoms with Gasteiger partial charge in [-0.05, 0) is 75.4 Å². The third kappa shape index (κ3) is 5.58. The molecule has 0 spiro atoms. The quantitative estimate of drug-likeness (QED) is 0.293. The summed E-state index contributed by atoms with van der Waals surface area (Å²) in [5.74, 6) is -0.172. The zero-order chi connectivity index (χ0) is 29.3. The number of aromatic nitrogens is 1. The van der Waals surface area contributed by atoms with E-state index in [0.717, 1.165) is 37.9 Å². The van der Waals surface area contributed by atoms with Crippen LogP contribution in [0.5, 0.6) is 0 Å². The highest BCUT2D eigenvalue weighted by Crippen LogP contribution is 2.33. The molecule has 3 heterocycles. The number of carbonyl (C=O) groups excluding carboxylic acids is 1. The van der Waals surface area contributed by atoms with Crippen molar-refractivity contribution in [3.8, 4) is 0 Å². The molecule has 9 nitrogen and oxygen atoms in total. The Morgan fingerprint density at radius 3 is 2.46 bits per heavy atom. The second-order valence-corrected chi connectivity index (χ2v) is 11.6. The summed E-state index contributed by atoms with van der Waals surface area (Å²) in [5, 5.41) is 12.5. The summed E-state index contributed by atoms with van der Waals surface area (Å²) >= 11 is 7.37. The summed E-state index contributed by atoms with van der Waals surface area (Å²) in [6.07, 6.45) is 4.81. The van der Waals surface area contributed by atoms with Crippen molar-refractivity contribution in [3.63, 3.8) is 0 Å². The van der Waals surface area contributed by atoms with Gasteiger partial charge in [-0.25, -0.2) is 4.99 Å². The third-order valence-electron chi connectivity index (χ3n) is 7.68. The van der Waals surface area contributed by atoms with Crippen molar-refractivity contribution in [1.82, 2.24) is 9.47 Å². The summed E-state index contributed by atoms with van der Waals surface area (Å²) in [7, 11) is 0. The van der Waals surface area contributed by atoms with Crippen LogP contribution in [0, 0.1) is 10.1 Å². The number of nitrogens with zero attached hydrogens (tertiary/aromatic N) is 5. The molecule has 1 aromatic heterocycles. The first-order valence-corrected chi connectivity index (χ1v) is 15.0. The van der Waals surface area contributed by atoms with Crippen molar-refractivity contribution in [2.24, 2.45) is 4.99 Å². The number of likely N-dealkylation sites (N-methyl/N-ethyl adjacent to an activating group) is 1. The van der Waals surface area contributed by atoms with Crippen LogP contribution in [0.15, 0.2) is 63.5 Å². The first-order valence-electron chi connectivity index (χ1n) is 13.8. The van der Waals surface area contributed by atoms with E-state index in [4.69, 9.17) is 11.6 Å². The van der Waals surface area contributed by atoms with Crippen LogP contribution in [0.25, 0.3) is 6.08 Å². The third-order valence-corrected chi connectivity index (χ3v) is 8.91. The lowest BCUT2D eigenvalue weighted by molar-refractivity contribution is -0.384. The number of thiazole rings is 1. The van der Waals surface area contributed by atoms with Crippen molar-refractivity contribution in [3.05, 3.63) is 99.7 Å². The van der Waals surface area contributed by atoms with Gasteiger partial charge in [-0.2, -0.15) is 0 Å². The molecule has 1 fully saturated rings. The maximum atomic E-state index is 14.0. The largest absolute Gasteiger partial charge is 0.366 e. The molecule has 1 amide bonds. The maximum Gasteiger partial charge on any atom is 0.293 e. The number of hydrogen-bond acceptors (Lipinski definition) is 7. The number of hydrogen-bond donors (Lipinski definition) is 0. The lowest BCUT2D eigenvalue weighted by Crippen LogP contribution is -2.43. The number of fused-ring (bicyclic) bond motifs is 1. The van der Waals surface area contributed by atoms with Crippen molar-refractivity contribution < 1.29 is 9.72 Å². The fourth-order valence-corrected chi connectivity index (χ4v) is 6.74. The Bertz CT molecular complexity index is 1700. The zero-order valence-electron chi connectivity index (χ0n) is 23.3. The molecule has 2 aromatic carbocycles. The van der Waals surface area contributed by atoms with Gasteiger partial charge in [0.1, 0.15) is 5.69 Å². The lowest BCUT2D eigenvalue weighted by atomic mass is 9.94. The Balaban J connectivity index is 1.65. The molecule has 0 aliphatic carbocycles. The van der Waals surface area contributed by atoms with E-state index in [2.05, 4.69) is 9.89 Å². The molecule has 0 N–H and O–H groups in total. The van der Waals surface area contributed by atoms with E-state index in [1.54, 1.807) is 40.7 Å². The smallest absolute Gasteiger partial charge is 0.293 e. The number of piperidine rings is 1. The Morgan fingerprint density at radius 1 is 1.15 bits per heavy atom. The number of halogens is 1. The minimum Gasteiger partial charge on any atom is -0.366 e. The van der Waals surface area contributed by atoms with Crippen LogP contribution in [0.4, 0.5) is 11.4 Å².